The van der Waals surface area contributed by atoms with E-state index in [9.17, 15) is 23.7 Å². The van der Waals surface area contributed by atoms with Crippen LogP contribution in [0.4, 0.5) is 20.3 Å². The van der Waals surface area contributed by atoms with E-state index < -0.39 is 17.4 Å². The van der Waals surface area contributed by atoms with Crippen LogP contribution in [0.15, 0.2) is 45.4 Å². The summed E-state index contributed by atoms with van der Waals surface area (Å²) in [4.78, 5) is 22.6. The fraction of sp³-hybridized carbons (Fsp3) is 0.176. The number of benzene rings is 1. The number of aromatic nitrogens is 2. The first-order valence-corrected chi connectivity index (χ1v) is 8.85. The predicted molar refractivity (Wildman–Crippen MR) is 100 cm³/mol. The fourth-order valence-electron chi connectivity index (χ4n) is 2.45. The van der Waals surface area contributed by atoms with Crippen molar-refractivity contribution in [3.05, 3.63) is 68.2 Å². The number of carbonyl (C=O) groups excluding carboxylic acids is 1. The fourth-order valence-corrected chi connectivity index (χ4v) is 2.91. The van der Waals surface area contributed by atoms with Crippen LogP contribution in [0.25, 0.3) is 0 Å². The molecule has 3 aromatic rings. The number of amides is 1. The minimum Gasteiger partial charge on any atom is -0.454 e. The smallest absolute Gasteiger partial charge is 0.404 e. The number of nitrogens with one attached hydrogen (secondary N) is 1. The van der Waals surface area contributed by atoms with E-state index in [4.69, 9.17) is 4.42 Å². The van der Waals surface area contributed by atoms with Crippen molar-refractivity contribution in [3.8, 4) is 5.75 Å². The highest BCUT2D eigenvalue weighted by molar-refractivity contribution is 9.10. The molecule has 0 fully saturated rings. The van der Waals surface area contributed by atoms with E-state index in [2.05, 4.69) is 31.1 Å². The molecule has 0 bridgehead atoms. The lowest BCUT2D eigenvalue weighted by Gasteiger charge is -2.12. The standard InChI is InChI=1S/C17H13BrF2N4O5/c1-9-2-4-12(14(6-9)29-17(19)20)21-16(25)13-5-3-10(28-13)7-23-8-11(18)15(22-23)24(26)27/h2-6,8,17H,7H2,1H3,(H,21,25). The Hall–Kier alpha value is -3.28. The van der Waals surface area contributed by atoms with Crippen molar-refractivity contribution in [1.82, 2.24) is 9.78 Å². The molecule has 12 heteroatoms. The first-order valence-electron chi connectivity index (χ1n) is 8.06. The molecular weight excluding hydrogens is 458 g/mol. The van der Waals surface area contributed by atoms with Gasteiger partial charge in [-0.2, -0.15) is 13.5 Å². The molecule has 29 heavy (non-hydrogen) atoms. The topological polar surface area (TPSA) is 112 Å². The van der Waals surface area contributed by atoms with E-state index in [1.54, 1.807) is 13.0 Å². The van der Waals surface area contributed by atoms with Gasteiger partial charge in [-0.05, 0) is 57.6 Å². The maximum Gasteiger partial charge on any atom is 0.404 e. The number of furan rings is 1. The highest BCUT2D eigenvalue weighted by atomic mass is 79.9. The molecule has 0 unspecified atom stereocenters. The summed E-state index contributed by atoms with van der Waals surface area (Å²) in [6.45, 7) is -1.30. The van der Waals surface area contributed by atoms with Gasteiger partial charge in [-0.25, -0.2) is 0 Å². The van der Waals surface area contributed by atoms with E-state index in [1.807, 2.05) is 0 Å². The van der Waals surface area contributed by atoms with Crippen LogP contribution in [0.1, 0.15) is 21.9 Å². The van der Waals surface area contributed by atoms with Gasteiger partial charge in [-0.15, -0.1) is 0 Å². The number of rotatable bonds is 7. The van der Waals surface area contributed by atoms with Crippen LogP contribution in [0.2, 0.25) is 0 Å². The minimum atomic E-state index is -3.04. The Morgan fingerprint density at radius 1 is 1.41 bits per heavy atom. The molecule has 1 N–H and O–H groups in total. The number of halogens is 3. The molecule has 3 rings (SSSR count). The number of nitro groups is 1. The van der Waals surface area contributed by atoms with Crippen molar-refractivity contribution < 1.29 is 27.7 Å². The van der Waals surface area contributed by atoms with Crippen molar-refractivity contribution in [2.24, 2.45) is 0 Å². The molecule has 0 spiro atoms. The quantitative estimate of drug-likeness (QED) is 0.405. The molecular formula is C17H13BrF2N4O5. The van der Waals surface area contributed by atoms with E-state index in [0.29, 0.717) is 11.3 Å². The minimum absolute atomic E-state index is 0.0456. The second-order valence-corrected chi connectivity index (χ2v) is 6.71. The molecule has 1 aromatic carbocycles. The normalized spacial score (nSPS) is 10.9. The van der Waals surface area contributed by atoms with Gasteiger partial charge in [0.1, 0.15) is 22.5 Å². The number of aryl methyl sites for hydroxylation is 1. The molecule has 0 radical (unpaired) electrons. The van der Waals surface area contributed by atoms with Gasteiger partial charge in [-0.1, -0.05) is 6.07 Å². The Kier molecular flexibility index (Phi) is 5.92. The number of ether oxygens (including phenoxy) is 1. The molecule has 0 aliphatic carbocycles. The summed E-state index contributed by atoms with van der Waals surface area (Å²) in [6, 6.07) is 7.33. The zero-order chi connectivity index (χ0) is 21.1. The van der Waals surface area contributed by atoms with Gasteiger partial charge in [-0.3, -0.25) is 4.79 Å². The van der Waals surface area contributed by atoms with Gasteiger partial charge in [0.15, 0.2) is 5.76 Å². The van der Waals surface area contributed by atoms with E-state index in [-0.39, 0.29) is 34.0 Å². The third-order valence-electron chi connectivity index (χ3n) is 3.68. The molecule has 0 saturated carbocycles. The van der Waals surface area contributed by atoms with Gasteiger partial charge in [0.25, 0.3) is 5.91 Å². The molecule has 1 amide bonds. The summed E-state index contributed by atoms with van der Waals surface area (Å²) < 4.78 is 36.5. The second kappa shape index (κ2) is 8.39. The molecule has 9 nitrogen and oxygen atoms in total. The van der Waals surface area contributed by atoms with Crippen LogP contribution in [0.3, 0.4) is 0 Å². The van der Waals surface area contributed by atoms with Crippen molar-refractivity contribution in [1.29, 1.82) is 0 Å². The molecule has 0 saturated heterocycles. The third-order valence-corrected chi connectivity index (χ3v) is 4.24. The summed E-state index contributed by atoms with van der Waals surface area (Å²) in [7, 11) is 0. The number of hydrogen-bond donors (Lipinski definition) is 1. The van der Waals surface area contributed by atoms with Gasteiger partial charge in [0.2, 0.25) is 0 Å². The molecule has 0 atom stereocenters. The first-order chi connectivity index (χ1) is 13.7. The Balaban J connectivity index is 1.73. The summed E-state index contributed by atoms with van der Waals surface area (Å²) in [5.41, 5.74) is 0.740. The summed E-state index contributed by atoms with van der Waals surface area (Å²) in [5.74, 6) is -0.960. The third kappa shape index (κ3) is 4.96. The van der Waals surface area contributed by atoms with Crippen molar-refractivity contribution in [2.75, 3.05) is 5.32 Å². The van der Waals surface area contributed by atoms with Crippen LogP contribution in [0.5, 0.6) is 5.75 Å². The van der Waals surface area contributed by atoms with Crippen LogP contribution in [-0.2, 0) is 6.54 Å². The van der Waals surface area contributed by atoms with Crippen molar-refractivity contribution in [2.45, 2.75) is 20.1 Å². The van der Waals surface area contributed by atoms with Gasteiger partial charge >= 0.3 is 12.4 Å². The van der Waals surface area contributed by atoms with Crippen LogP contribution in [-0.4, -0.2) is 27.2 Å². The van der Waals surface area contributed by atoms with Gasteiger partial charge in [0, 0.05) is 0 Å². The van der Waals surface area contributed by atoms with Crippen molar-refractivity contribution in [3.63, 3.8) is 0 Å². The first kappa shape index (κ1) is 20.5. The number of carbonyl (C=O) groups is 1. The van der Waals surface area contributed by atoms with Gasteiger partial charge < -0.3 is 24.6 Å². The Labute approximate surface area is 170 Å². The zero-order valence-corrected chi connectivity index (χ0v) is 16.4. The molecule has 0 aliphatic rings. The average molecular weight is 471 g/mol. The summed E-state index contributed by atoms with van der Waals surface area (Å²) in [5, 5.41) is 17.1. The van der Waals surface area contributed by atoms with E-state index >= 15 is 0 Å². The Morgan fingerprint density at radius 2 is 2.17 bits per heavy atom. The molecule has 2 heterocycles. The average Bonchev–Trinajstić information content (AvgIpc) is 3.23. The summed E-state index contributed by atoms with van der Waals surface area (Å²) >= 11 is 3.04. The van der Waals surface area contributed by atoms with Crippen LogP contribution in [0, 0.1) is 17.0 Å². The zero-order valence-electron chi connectivity index (χ0n) is 14.8. The highest BCUT2D eigenvalue weighted by Crippen LogP contribution is 2.28. The lowest BCUT2D eigenvalue weighted by atomic mass is 10.2. The van der Waals surface area contributed by atoms with Crippen LogP contribution >= 0.6 is 15.9 Å². The lowest BCUT2D eigenvalue weighted by Crippen LogP contribution is -2.13. The highest BCUT2D eigenvalue weighted by Gasteiger charge is 2.20. The SMILES string of the molecule is Cc1ccc(NC(=O)c2ccc(Cn3cc(Br)c([N+](=O)[O-])n3)o2)c(OC(F)F)c1. The van der Waals surface area contributed by atoms with Crippen LogP contribution < -0.4 is 10.1 Å². The lowest BCUT2D eigenvalue weighted by molar-refractivity contribution is -0.390. The predicted octanol–water partition coefficient (Wildman–Crippen LogP) is 4.36. The Bertz CT molecular complexity index is 1070. The maximum atomic E-state index is 12.6. The largest absolute Gasteiger partial charge is 0.454 e. The molecule has 2 aromatic heterocycles. The monoisotopic (exact) mass is 470 g/mol. The summed E-state index contributed by atoms with van der Waals surface area (Å²) in [6.07, 6.45) is 1.40. The number of anilines is 1. The number of nitrogens with zero attached hydrogens (tertiary/aromatic N) is 3. The van der Waals surface area contributed by atoms with E-state index in [0.717, 1.165) is 0 Å². The number of hydrogen-bond acceptors (Lipinski definition) is 6. The van der Waals surface area contributed by atoms with E-state index in [1.165, 1.54) is 35.1 Å². The molecule has 0 aliphatic heterocycles. The Morgan fingerprint density at radius 3 is 2.83 bits per heavy atom. The second-order valence-electron chi connectivity index (χ2n) is 5.85. The van der Waals surface area contributed by atoms with Crippen molar-refractivity contribution >= 4 is 33.3 Å². The molecule has 152 valence electrons. The maximum absolute atomic E-state index is 12.6. The van der Waals surface area contributed by atoms with Gasteiger partial charge in [0.05, 0.1) is 17.0 Å². The number of alkyl halides is 2.